The first-order valence-corrected chi connectivity index (χ1v) is 10.8. The normalized spacial score (nSPS) is 12.4. The highest BCUT2D eigenvalue weighted by molar-refractivity contribution is 14.1. The number of rotatable bonds is 2. The lowest BCUT2D eigenvalue weighted by molar-refractivity contribution is 0.0755. The van der Waals surface area contributed by atoms with Crippen LogP contribution < -0.4 is 0 Å². The molecule has 0 unspecified atom stereocenters. The Hall–Kier alpha value is -2.29. The minimum atomic E-state index is -0.885. The van der Waals surface area contributed by atoms with E-state index in [-0.39, 0.29) is 11.8 Å². The van der Waals surface area contributed by atoms with Gasteiger partial charge in [-0.3, -0.25) is 4.79 Å². The second-order valence-corrected chi connectivity index (χ2v) is 9.91. The van der Waals surface area contributed by atoms with Gasteiger partial charge in [0, 0.05) is 37.2 Å². The molecule has 0 bridgehead atoms. The third-order valence-corrected chi connectivity index (χ3v) is 6.30. The first kappa shape index (κ1) is 21.0. The van der Waals surface area contributed by atoms with E-state index in [1.807, 2.05) is 37.5 Å². The van der Waals surface area contributed by atoms with E-state index in [9.17, 15) is 13.6 Å². The number of carbonyl (C=O) groups excluding carboxylic acids is 1. The predicted octanol–water partition coefficient (Wildman–Crippen LogP) is 6.67. The van der Waals surface area contributed by atoms with E-state index in [1.165, 1.54) is 10.7 Å². The van der Waals surface area contributed by atoms with Crippen molar-refractivity contribution >= 4 is 50.3 Å². The summed E-state index contributed by atoms with van der Waals surface area (Å²) in [4.78, 5) is 12.8. The standard InChI is InChI=1S/C23H22F2IN3O/c1-12(2)21-20(26)15-10-18-13(11-27-29(18)22(30)23(3,4)5)8-19(15)28(21)14-6-7-16(24)17(25)9-14/h6-12H,1-5H3. The molecule has 0 aliphatic heterocycles. The molecule has 2 aromatic carbocycles. The molecule has 30 heavy (non-hydrogen) atoms. The molecular weight excluding hydrogens is 499 g/mol. The van der Waals surface area contributed by atoms with Gasteiger partial charge < -0.3 is 4.57 Å². The number of nitrogens with zero attached hydrogens (tertiary/aromatic N) is 3. The molecule has 0 saturated carbocycles. The van der Waals surface area contributed by atoms with Crippen LogP contribution in [0.25, 0.3) is 27.5 Å². The molecule has 2 heterocycles. The zero-order valence-corrected chi connectivity index (χ0v) is 19.6. The van der Waals surface area contributed by atoms with Gasteiger partial charge in [-0.1, -0.05) is 34.6 Å². The number of hydrogen-bond donors (Lipinski definition) is 0. The average molecular weight is 521 g/mol. The van der Waals surface area contributed by atoms with Crippen LogP contribution in [0.1, 0.15) is 51.0 Å². The van der Waals surface area contributed by atoms with Crippen molar-refractivity contribution in [1.29, 1.82) is 0 Å². The summed E-state index contributed by atoms with van der Waals surface area (Å²) < 4.78 is 32.0. The van der Waals surface area contributed by atoms with Gasteiger partial charge in [0.15, 0.2) is 11.6 Å². The fraction of sp³-hybridized carbons (Fsp3) is 0.304. The van der Waals surface area contributed by atoms with Crippen LogP contribution in [0.2, 0.25) is 0 Å². The van der Waals surface area contributed by atoms with Crippen LogP contribution in [0.5, 0.6) is 0 Å². The van der Waals surface area contributed by atoms with Crippen LogP contribution in [0.3, 0.4) is 0 Å². The largest absolute Gasteiger partial charge is 0.312 e. The average Bonchev–Trinajstić information content (AvgIpc) is 3.19. The van der Waals surface area contributed by atoms with E-state index in [1.54, 1.807) is 12.3 Å². The monoisotopic (exact) mass is 521 g/mol. The summed E-state index contributed by atoms with van der Waals surface area (Å²) in [7, 11) is 0. The van der Waals surface area contributed by atoms with Gasteiger partial charge in [-0.25, -0.2) is 8.78 Å². The molecular formula is C23H22F2IN3O. The zero-order chi connectivity index (χ0) is 22.0. The number of aromatic nitrogens is 3. The Kier molecular flexibility index (Phi) is 4.99. The van der Waals surface area contributed by atoms with Crippen LogP contribution in [-0.2, 0) is 0 Å². The third kappa shape index (κ3) is 3.23. The fourth-order valence-corrected chi connectivity index (χ4v) is 4.98. The number of fused-ring (bicyclic) bond motifs is 2. The van der Waals surface area contributed by atoms with Gasteiger partial charge in [0.05, 0.1) is 17.2 Å². The van der Waals surface area contributed by atoms with Crippen LogP contribution >= 0.6 is 22.6 Å². The van der Waals surface area contributed by atoms with Crippen molar-refractivity contribution in [2.75, 3.05) is 0 Å². The summed E-state index contributed by atoms with van der Waals surface area (Å²) >= 11 is 2.29. The topological polar surface area (TPSA) is 39.8 Å². The van der Waals surface area contributed by atoms with Gasteiger partial charge in [-0.2, -0.15) is 9.78 Å². The van der Waals surface area contributed by atoms with Crippen LogP contribution in [0.4, 0.5) is 8.78 Å². The molecule has 156 valence electrons. The lowest BCUT2D eigenvalue weighted by Gasteiger charge is -2.16. The van der Waals surface area contributed by atoms with E-state index in [4.69, 9.17) is 0 Å². The van der Waals surface area contributed by atoms with Crippen molar-refractivity contribution in [3.8, 4) is 5.69 Å². The summed E-state index contributed by atoms with van der Waals surface area (Å²) in [5, 5.41) is 6.08. The van der Waals surface area contributed by atoms with Crippen LogP contribution in [0, 0.1) is 20.6 Å². The molecule has 0 aliphatic rings. The molecule has 7 heteroatoms. The second kappa shape index (κ2) is 7.14. The van der Waals surface area contributed by atoms with E-state index in [0.717, 1.165) is 37.1 Å². The highest BCUT2D eigenvalue weighted by atomic mass is 127. The fourth-order valence-electron chi connectivity index (χ4n) is 3.68. The maximum absolute atomic E-state index is 14.0. The Balaban J connectivity index is 2.06. The minimum Gasteiger partial charge on any atom is -0.312 e. The van der Waals surface area contributed by atoms with Gasteiger partial charge in [0.1, 0.15) is 0 Å². The molecule has 0 aliphatic carbocycles. The lowest BCUT2D eigenvalue weighted by Crippen LogP contribution is -2.27. The third-order valence-electron chi connectivity index (χ3n) is 5.17. The summed E-state index contributed by atoms with van der Waals surface area (Å²) in [6.45, 7) is 9.72. The van der Waals surface area contributed by atoms with Crippen LogP contribution in [-0.4, -0.2) is 20.3 Å². The minimum absolute atomic E-state index is 0.0871. The summed E-state index contributed by atoms with van der Waals surface area (Å²) in [6, 6.07) is 7.86. The van der Waals surface area contributed by atoms with Crippen molar-refractivity contribution in [2.45, 2.75) is 40.5 Å². The SMILES string of the molecule is CC(C)c1c(I)c2cc3c(cnn3C(=O)C(C)(C)C)cc2n1-c1ccc(F)c(F)c1. The highest BCUT2D eigenvalue weighted by Gasteiger charge is 2.27. The molecule has 4 nitrogen and oxygen atoms in total. The van der Waals surface area contributed by atoms with Gasteiger partial charge >= 0.3 is 0 Å². The number of hydrogen-bond acceptors (Lipinski definition) is 2. The molecule has 0 radical (unpaired) electrons. The van der Waals surface area contributed by atoms with E-state index < -0.39 is 17.0 Å². The summed E-state index contributed by atoms with van der Waals surface area (Å²) in [6.07, 6.45) is 1.67. The molecule has 0 saturated heterocycles. The first-order chi connectivity index (χ1) is 14.0. The Bertz CT molecular complexity index is 1310. The summed E-state index contributed by atoms with van der Waals surface area (Å²) in [5.41, 5.74) is 2.60. The Morgan fingerprint density at radius 3 is 2.37 bits per heavy atom. The smallest absolute Gasteiger partial charge is 0.252 e. The van der Waals surface area contributed by atoms with Gasteiger partial charge in [-0.05, 0) is 52.8 Å². The van der Waals surface area contributed by atoms with E-state index in [0.29, 0.717) is 5.69 Å². The van der Waals surface area contributed by atoms with Crippen molar-refractivity contribution in [3.63, 3.8) is 0 Å². The molecule has 0 N–H and O–H groups in total. The van der Waals surface area contributed by atoms with Crippen molar-refractivity contribution in [2.24, 2.45) is 5.41 Å². The highest BCUT2D eigenvalue weighted by Crippen LogP contribution is 2.37. The lowest BCUT2D eigenvalue weighted by atomic mass is 9.96. The number of carbonyl (C=O) groups is 1. The molecule has 2 aromatic heterocycles. The zero-order valence-electron chi connectivity index (χ0n) is 17.4. The molecule has 0 spiro atoms. The second-order valence-electron chi connectivity index (χ2n) is 8.83. The van der Waals surface area contributed by atoms with Gasteiger partial charge in [0.25, 0.3) is 5.91 Å². The molecule has 0 fully saturated rings. The molecule has 4 rings (SSSR count). The van der Waals surface area contributed by atoms with Crippen molar-refractivity contribution in [1.82, 2.24) is 14.3 Å². The van der Waals surface area contributed by atoms with Gasteiger partial charge in [0.2, 0.25) is 0 Å². The number of benzene rings is 2. The maximum atomic E-state index is 14.0. The molecule has 0 amide bonds. The Labute approximate surface area is 187 Å². The van der Waals surface area contributed by atoms with E-state index in [2.05, 4.69) is 41.5 Å². The summed E-state index contributed by atoms with van der Waals surface area (Å²) in [5.74, 6) is -1.70. The van der Waals surface area contributed by atoms with E-state index >= 15 is 0 Å². The Morgan fingerprint density at radius 1 is 1.07 bits per heavy atom. The van der Waals surface area contributed by atoms with Crippen molar-refractivity contribution < 1.29 is 13.6 Å². The maximum Gasteiger partial charge on any atom is 0.252 e. The molecule has 0 atom stereocenters. The molecule has 4 aromatic rings. The predicted molar refractivity (Wildman–Crippen MR) is 123 cm³/mol. The number of halogens is 3. The van der Waals surface area contributed by atoms with Crippen LogP contribution in [0.15, 0.2) is 36.5 Å². The first-order valence-electron chi connectivity index (χ1n) is 9.72. The van der Waals surface area contributed by atoms with Crippen molar-refractivity contribution in [3.05, 3.63) is 57.4 Å². The van der Waals surface area contributed by atoms with Gasteiger partial charge in [-0.15, -0.1) is 0 Å². The quantitative estimate of drug-likeness (QED) is 0.277. The Morgan fingerprint density at radius 2 is 1.77 bits per heavy atom.